The van der Waals surface area contributed by atoms with Gasteiger partial charge in [0.05, 0.1) is 0 Å². The first-order valence-corrected chi connectivity index (χ1v) is 10.5. The SMILES string of the molecule is CC(C)(C)OC(=O)N[C@@H](CCCNC(=O)C(F)(F)F)C(=O)N[C@@H](CCCNC(=O)C(F)(F)F)C(=O)O. The minimum absolute atomic E-state index is 0.239. The summed E-state index contributed by atoms with van der Waals surface area (Å²) < 4.78 is 78.3. The van der Waals surface area contributed by atoms with E-state index in [2.05, 4.69) is 10.6 Å². The van der Waals surface area contributed by atoms with Crippen molar-refractivity contribution in [2.24, 2.45) is 0 Å². The third-order valence-electron chi connectivity index (χ3n) is 4.05. The van der Waals surface area contributed by atoms with Gasteiger partial charge in [-0.2, -0.15) is 26.3 Å². The number of alkyl halides is 6. The van der Waals surface area contributed by atoms with Gasteiger partial charge < -0.3 is 31.1 Å². The molecule has 0 aliphatic rings. The monoisotopic (exact) mass is 538 g/mol. The van der Waals surface area contributed by atoms with E-state index in [-0.39, 0.29) is 19.3 Å². The van der Waals surface area contributed by atoms with Crippen LogP contribution in [0.4, 0.5) is 31.1 Å². The molecule has 0 fully saturated rings. The molecule has 0 aliphatic carbocycles. The van der Waals surface area contributed by atoms with Gasteiger partial charge in [-0.1, -0.05) is 0 Å². The van der Waals surface area contributed by atoms with Crippen LogP contribution in [0.1, 0.15) is 46.5 Å². The number of carbonyl (C=O) groups is 5. The van der Waals surface area contributed by atoms with Crippen LogP contribution in [0, 0.1) is 0 Å². The Kier molecular flexibility index (Phi) is 12.5. The summed E-state index contributed by atoms with van der Waals surface area (Å²) in [6, 6.07) is -3.12. The van der Waals surface area contributed by atoms with Crippen molar-refractivity contribution in [3.8, 4) is 0 Å². The standard InChI is InChI=1S/C19H28F6N4O7/c1-17(2,3)36-16(35)29-10(6-4-8-26-14(33)18(20,21)22)12(30)28-11(13(31)32)7-5-9-27-15(34)19(23,24)25/h10-11H,4-9H2,1-3H3,(H,26,33)(H,27,34)(H,28,30)(H,29,35)(H,31,32)/t10-,11-/m0/s1. The van der Waals surface area contributed by atoms with E-state index in [0.29, 0.717) is 0 Å². The second-order valence-corrected chi connectivity index (χ2v) is 8.39. The fourth-order valence-electron chi connectivity index (χ4n) is 2.46. The number of rotatable bonds is 12. The van der Waals surface area contributed by atoms with Gasteiger partial charge in [0, 0.05) is 13.1 Å². The van der Waals surface area contributed by atoms with E-state index < -0.39 is 79.3 Å². The third-order valence-corrected chi connectivity index (χ3v) is 4.05. The van der Waals surface area contributed by atoms with E-state index >= 15 is 0 Å². The van der Waals surface area contributed by atoms with Gasteiger partial charge in [-0.15, -0.1) is 0 Å². The molecule has 0 aliphatic heterocycles. The highest BCUT2D eigenvalue weighted by atomic mass is 19.4. The zero-order valence-electron chi connectivity index (χ0n) is 19.6. The van der Waals surface area contributed by atoms with Crippen molar-refractivity contribution < 1.29 is 60.2 Å². The Morgan fingerprint density at radius 1 is 0.750 bits per heavy atom. The molecule has 36 heavy (non-hydrogen) atoms. The number of aliphatic carboxylic acids is 1. The Hall–Kier alpha value is -3.27. The highest BCUT2D eigenvalue weighted by Gasteiger charge is 2.39. The number of carbonyl (C=O) groups excluding carboxylic acids is 4. The lowest BCUT2D eigenvalue weighted by Crippen LogP contribution is -2.52. The van der Waals surface area contributed by atoms with Crippen molar-refractivity contribution in [1.29, 1.82) is 0 Å². The Morgan fingerprint density at radius 3 is 1.53 bits per heavy atom. The number of hydrogen-bond donors (Lipinski definition) is 5. The van der Waals surface area contributed by atoms with Crippen LogP contribution in [0.2, 0.25) is 0 Å². The fourth-order valence-corrected chi connectivity index (χ4v) is 2.46. The molecule has 2 atom stereocenters. The van der Waals surface area contributed by atoms with Crippen LogP contribution in [0.3, 0.4) is 0 Å². The smallest absolute Gasteiger partial charge is 0.471 e. The summed E-state index contributed by atoms with van der Waals surface area (Å²) in [7, 11) is 0. The second-order valence-electron chi connectivity index (χ2n) is 8.39. The molecule has 0 unspecified atom stereocenters. The molecule has 0 aromatic heterocycles. The highest BCUT2D eigenvalue weighted by molar-refractivity contribution is 5.89. The number of nitrogens with one attached hydrogen (secondary N) is 4. The average Bonchev–Trinajstić information content (AvgIpc) is 2.68. The van der Waals surface area contributed by atoms with Gasteiger partial charge in [-0.25, -0.2) is 9.59 Å². The zero-order valence-corrected chi connectivity index (χ0v) is 19.6. The Balaban J connectivity index is 5.12. The van der Waals surface area contributed by atoms with E-state index in [9.17, 15) is 55.4 Å². The molecule has 208 valence electrons. The minimum atomic E-state index is -5.13. The van der Waals surface area contributed by atoms with Crippen LogP contribution in [0.25, 0.3) is 0 Å². The predicted molar refractivity (Wildman–Crippen MR) is 109 cm³/mol. The number of carboxylic acid groups (broad SMARTS) is 1. The van der Waals surface area contributed by atoms with Crippen LogP contribution in [0.5, 0.6) is 0 Å². The lowest BCUT2D eigenvalue weighted by atomic mass is 10.1. The Labute approximate surface area is 201 Å². The molecule has 0 saturated heterocycles. The first-order valence-electron chi connectivity index (χ1n) is 10.5. The summed E-state index contributed by atoms with van der Waals surface area (Å²) >= 11 is 0. The molecular weight excluding hydrogens is 510 g/mol. The molecule has 0 aromatic carbocycles. The maximum atomic E-state index is 12.6. The number of amides is 4. The van der Waals surface area contributed by atoms with Crippen molar-refractivity contribution in [3.63, 3.8) is 0 Å². The van der Waals surface area contributed by atoms with Gasteiger partial charge in [0.25, 0.3) is 0 Å². The largest absolute Gasteiger partial charge is 0.480 e. The van der Waals surface area contributed by atoms with Crippen molar-refractivity contribution in [2.75, 3.05) is 13.1 Å². The van der Waals surface area contributed by atoms with Gasteiger partial charge in [-0.3, -0.25) is 14.4 Å². The molecule has 17 heteroatoms. The van der Waals surface area contributed by atoms with Crippen LogP contribution < -0.4 is 21.3 Å². The average molecular weight is 538 g/mol. The van der Waals surface area contributed by atoms with Crippen molar-refractivity contribution in [3.05, 3.63) is 0 Å². The maximum Gasteiger partial charge on any atom is 0.471 e. The lowest BCUT2D eigenvalue weighted by molar-refractivity contribution is -0.173. The topological polar surface area (TPSA) is 163 Å². The van der Waals surface area contributed by atoms with Crippen LogP contribution >= 0.6 is 0 Å². The molecule has 4 amide bonds. The van der Waals surface area contributed by atoms with Crippen LogP contribution in [0.15, 0.2) is 0 Å². The second kappa shape index (κ2) is 13.7. The normalized spacial score (nSPS) is 13.7. The van der Waals surface area contributed by atoms with E-state index in [1.165, 1.54) is 26.1 Å². The number of carboxylic acids is 1. The highest BCUT2D eigenvalue weighted by Crippen LogP contribution is 2.15. The molecule has 0 heterocycles. The van der Waals surface area contributed by atoms with Gasteiger partial charge in [0.1, 0.15) is 17.7 Å². The fraction of sp³-hybridized carbons (Fsp3) is 0.737. The lowest BCUT2D eigenvalue weighted by Gasteiger charge is -2.24. The van der Waals surface area contributed by atoms with Gasteiger partial charge in [0.15, 0.2) is 0 Å². The van der Waals surface area contributed by atoms with Gasteiger partial charge >= 0.3 is 36.2 Å². The molecule has 5 N–H and O–H groups in total. The summed E-state index contributed by atoms with van der Waals surface area (Å²) in [5.41, 5.74) is -0.990. The molecule has 0 saturated carbocycles. The van der Waals surface area contributed by atoms with Crippen molar-refractivity contribution in [1.82, 2.24) is 21.3 Å². The summed E-state index contributed by atoms with van der Waals surface area (Å²) in [5.74, 6) is -7.08. The number of halogens is 6. The molecule has 0 spiro atoms. The van der Waals surface area contributed by atoms with Crippen LogP contribution in [-0.4, -0.2) is 78.0 Å². The van der Waals surface area contributed by atoms with E-state index in [0.717, 1.165) is 0 Å². The Morgan fingerprint density at radius 2 is 1.17 bits per heavy atom. The predicted octanol–water partition coefficient (Wildman–Crippen LogP) is 1.37. The zero-order chi connectivity index (χ0) is 28.3. The molecule has 0 rings (SSSR count). The quantitative estimate of drug-likeness (QED) is 0.185. The summed E-state index contributed by atoms with van der Waals surface area (Å²) in [6.07, 6.45) is -12.6. The first kappa shape index (κ1) is 32.7. The maximum absolute atomic E-state index is 12.6. The van der Waals surface area contributed by atoms with Gasteiger partial charge in [-0.05, 0) is 46.5 Å². The number of alkyl carbamates (subject to hydrolysis) is 1. The summed E-state index contributed by atoms with van der Waals surface area (Å²) in [4.78, 5) is 57.7. The summed E-state index contributed by atoms with van der Waals surface area (Å²) in [5, 5.41) is 16.6. The number of hydrogen-bond acceptors (Lipinski definition) is 6. The molecule has 0 aromatic rings. The van der Waals surface area contributed by atoms with Gasteiger partial charge in [0.2, 0.25) is 5.91 Å². The molecule has 11 nitrogen and oxygen atoms in total. The van der Waals surface area contributed by atoms with Crippen LogP contribution in [-0.2, 0) is 23.9 Å². The summed E-state index contributed by atoms with van der Waals surface area (Å²) in [6.45, 7) is 3.45. The molecule has 0 radical (unpaired) electrons. The molecular formula is C19H28F6N4O7. The Bertz CT molecular complexity index is 797. The van der Waals surface area contributed by atoms with Crippen molar-refractivity contribution in [2.45, 2.75) is 76.5 Å². The van der Waals surface area contributed by atoms with E-state index in [1.807, 2.05) is 0 Å². The molecule has 0 bridgehead atoms. The third kappa shape index (κ3) is 14.2. The first-order chi connectivity index (χ1) is 16.2. The number of ether oxygens (including phenoxy) is 1. The van der Waals surface area contributed by atoms with E-state index in [4.69, 9.17) is 4.74 Å². The van der Waals surface area contributed by atoms with Crippen molar-refractivity contribution >= 4 is 29.8 Å². The minimum Gasteiger partial charge on any atom is -0.480 e. The van der Waals surface area contributed by atoms with E-state index in [1.54, 1.807) is 5.32 Å².